The number of aromatic nitrogens is 5. The highest BCUT2D eigenvalue weighted by Gasteiger charge is 2.07. The highest BCUT2D eigenvalue weighted by molar-refractivity contribution is 5.03. The first-order chi connectivity index (χ1) is 9.02. The standard InChI is InChI=1S/C11H16N6O2/c1-12-5-8-6-17(14-13-8)7-9-4-10(18)16(3)11(19)15(9)2/h4,6,12H,5,7H2,1-3H3. The second kappa shape index (κ2) is 5.19. The second-order valence-electron chi connectivity index (χ2n) is 4.31. The zero-order valence-electron chi connectivity index (χ0n) is 11.1. The molecule has 0 aliphatic carbocycles. The maximum atomic E-state index is 11.8. The molecule has 8 heteroatoms. The van der Waals surface area contributed by atoms with Crippen LogP contribution in [-0.4, -0.2) is 31.2 Å². The number of rotatable bonds is 4. The van der Waals surface area contributed by atoms with Gasteiger partial charge >= 0.3 is 5.69 Å². The first-order valence-corrected chi connectivity index (χ1v) is 5.82. The van der Waals surface area contributed by atoms with E-state index in [1.54, 1.807) is 17.9 Å². The minimum absolute atomic E-state index is 0.325. The highest BCUT2D eigenvalue weighted by atomic mass is 16.2. The van der Waals surface area contributed by atoms with Crippen LogP contribution in [0.5, 0.6) is 0 Å². The van der Waals surface area contributed by atoms with Crippen molar-refractivity contribution >= 4 is 0 Å². The van der Waals surface area contributed by atoms with Gasteiger partial charge < -0.3 is 5.32 Å². The van der Waals surface area contributed by atoms with Gasteiger partial charge in [0, 0.05) is 32.4 Å². The molecule has 0 spiro atoms. The van der Waals surface area contributed by atoms with Gasteiger partial charge in [-0.2, -0.15) is 0 Å². The average molecular weight is 264 g/mol. The smallest absolute Gasteiger partial charge is 0.314 e. The van der Waals surface area contributed by atoms with Gasteiger partial charge in [-0.15, -0.1) is 5.10 Å². The summed E-state index contributed by atoms with van der Waals surface area (Å²) in [4.78, 5) is 23.4. The molecule has 0 aliphatic rings. The first-order valence-electron chi connectivity index (χ1n) is 5.82. The Hall–Kier alpha value is -2.22. The molecule has 0 radical (unpaired) electrons. The molecule has 1 N–H and O–H groups in total. The zero-order valence-corrected chi connectivity index (χ0v) is 11.1. The molecule has 0 aromatic carbocycles. The lowest BCUT2D eigenvalue weighted by Crippen LogP contribution is -2.38. The van der Waals surface area contributed by atoms with Gasteiger partial charge in [0.2, 0.25) is 0 Å². The van der Waals surface area contributed by atoms with E-state index in [0.717, 1.165) is 10.3 Å². The van der Waals surface area contributed by atoms with Crippen LogP contribution in [0.2, 0.25) is 0 Å². The Morgan fingerprint density at radius 1 is 1.26 bits per heavy atom. The number of hydrogen-bond donors (Lipinski definition) is 1. The Bertz CT molecular complexity index is 696. The molecule has 2 aromatic rings. The Morgan fingerprint density at radius 3 is 2.68 bits per heavy atom. The molecule has 19 heavy (non-hydrogen) atoms. The summed E-state index contributed by atoms with van der Waals surface area (Å²) >= 11 is 0. The quantitative estimate of drug-likeness (QED) is 0.722. The van der Waals surface area contributed by atoms with E-state index >= 15 is 0 Å². The molecule has 0 amide bonds. The fourth-order valence-corrected chi connectivity index (χ4v) is 1.77. The van der Waals surface area contributed by atoms with Crippen molar-refractivity contribution in [1.29, 1.82) is 0 Å². The fourth-order valence-electron chi connectivity index (χ4n) is 1.77. The molecule has 2 aromatic heterocycles. The van der Waals surface area contributed by atoms with Crippen molar-refractivity contribution in [2.24, 2.45) is 14.1 Å². The van der Waals surface area contributed by atoms with Crippen LogP contribution in [0.25, 0.3) is 0 Å². The molecule has 0 bridgehead atoms. The van der Waals surface area contributed by atoms with Crippen molar-refractivity contribution in [2.45, 2.75) is 13.1 Å². The van der Waals surface area contributed by atoms with Crippen molar-refractivity contribution in [2.75, 3.05) is 7.05 Å². The van der Waals surface area contributed by atoms with Gasteiger partial charge in [-0.3, -0.25) is 13.9 Å². The van der Waals surface area contributed by atoms with Crippen LogP contribution < -0.4 is 16.6 Å². The van der Waals surface area contributed by atoms with E-state index in [9.17, 15) is 9.59 Å². The van der Waals surface area contributed by atoms with E-state index in [-0.39, 0.29) is 11.2 Å². The van der Waals surface area contributed by atoms with Gasteiger partial charge in [-0.05, 0) is 7.05 Å². The third-order valence-electron chi connectivity index (χ3n) is 2.89. The van der Waals surface area contributed by atoms with Crippen LogP contribution in [-0.2, 0) is 27.2 Å². The van der Waals surface area contributed by atoms with E-state index in [4.69, 9.17) is 0 Å². The van der Waals surface area contributed by atoms with Gasteiger partial charge in [0.25, 0.3) is 5.56 Å². The van der Waals surface area contributed by atoms with Crippen LogP contribution in [0.4, 0.5) is 0 Å². The molecule has 0 atom stereocenters. The molecule has 102 valence electrons. The largest absolute Gasteiger partial charge is 0.330 e. The van der Waals surface area contributed by atoms with E-state index < -0.39 is 0 Å². The van der Waals surface area contributed by atoms with Crippen molar-refractivity contribution in [3.63, 3.8) is 0 Å². The summed E-state index contributed by atoms with van der Waals surface area (Å²) in [7, 11) is 4.90. The van der Waals surface area contributed by atoms with E-state index in [2.05, 4.69) is 15.6 Å². The maximum Gasteiger partial charge on any atom is 0.330 e. The van der Waals surface area contributed by atoms with Crippen molar-refractivity contribution < 1.29 is 0 Å². The summed E-state index contributed by atoms with van der Waals surface area (Å²) < 4.78 is 4.10. The predicted molar refractivity (Wildman–Crippen MR) is 68.8 cm³/mol. The maximum absolute atomic E-state index is 11.8. The lowest BCUT2D eigenvalue weighted by atomic mass is 10.4. The molecule has 2 rings (SSSR count). The number of hydrogen-bond acceptors (Lipinski definition) is 5. The summed E-state index contributed by atoms with van der Waals surface area (Å²) in [5, 5.41) is 10.9. The number of nitrogens with one attached hydrogen (secondary N) is 1. The van der Waals surface area contributed by atoms with Crippen LogP contribution in [0, 0.1) is 0 Å². The van der Waals surface area contributed by atoms with Crippen LogP contribution >= 0.6 is 0 Å². The van der Waals surface area contributed by atoms with E-state index in [1.807, 2.05) is 7.05 Å². The van der Waals surface area contributed by atoms with Crippen LogP contribution in [0.3, 0.4) is 0 Å². The van der Waals surface area contributed by atoms with Crippen LogP contribution in [0.15, 0.2) is 21.9 Å². The summed E-state index contributed by atoms with van der Waals surface area (Å²) in [6, 6.07) is 1.43. The normalized spacial score (nSPS) is 10.9. The minimum atomic E-state index is -0.349. The molecule has 0 aliphatic heterocycles. The monoisotopic (exact) mass is 264 g/mol. The third-order valence-corrected chi connectivity index (χ3v) is 2.89. The lowest BCUT2D eigenvalue weighted by molar-refractivity contribution is 0.582. The molecule has 0 saturated carbocycles. The van der Waals surface area contributed by atoms with Crippen molar-refractivity contribution in [1.82, 2.24) is 29.4 Å². The van der Waals surface area contributed by atoms with Crippen molar-refractivity contribution in [3.05, 3.63) is 44.5 Å². The molecular weight excluding hydrogens is 248 g/mol. The Labute approximate surface area is 109 Å². The van der Waals surface area contributed by atoms with Crippen molar-refractivity contribution in [3.8, 4) is 0 Å². The number of nitrogens with zero attached hydrogens (tertiary/aromatic N) is 5. The van der Waals surface area contributed by atoms with Gasteiger partial charge in [-0.1, -0.05) is 5.21 Å². The topological polar surface area (TPSA) is 86.7 Å². The van der Waals surface area contributed by atoms with Crippen LogP contribution in [0.1, 0.15) is 11.4 Å². The van der Waals surface area contributed by atoms with Gasteiger partial charge in [0.1, 0.15) is 0 Å². The second-order valence-corrected chi connectivity index (χ2v) is 4.31. The molecule has 8 nitrogen and oxygen atoms in total. The Kier molecular flexibility index (Phi) is 3.61. The van der Waals surface area contributed by atoms with Gasteiger partial charge in [0.05, 0.1) is 18.4 Å². The van der Waals surface area contributed by atoms with E-state index in [1.165, 1.54) is 17.7 Å². The molecule has 0 fully saturated rings. The van der Waals surface area contributed by atoms with Gasteiger partial charge in [-0.25, -0.2) is 9.48 Å². The lowest BCUT2D eigenvalue weighted by Gasteiger charge is -2.08. The minimum Gasteiger partial charge on any atom is -0.314 e. The molecule has 2 heterocycles. The summed E-state index contributed by atoms with van der Waals surface area (Å²) in [5.41, 5.74) is 0.720. The van der Waals surface area contributed by atoms with Gasteiger partial charge in [0.15, 0.2) is 0 Å². The molecule has 0 unspecified atom stereocenters. The summed E-state index contributed by atoms with van der Waals surface area (Å²) in [6.07, 6.45) is 1.78. The fraction of sp³-hybridized carbons (Fsp3) is 0.455. The highest BCUT2D eigenvalue weighted by Crippen LogP contribution is 1.98. The predicted octanol–water partition coefficient (Wildman–Crippen LogP) is -1.56. The third kappa shape index (κ3) is 2.63. The average Bonchev–Trinajstić information content (AvgIpc) is 2.81. The zero-order chi connectivity index (χ0) is 14.0. The molecular formula is C11H16N6O2. The summed E-state index contributed by atoms with van der Waals surface area (Å²) in [5.74, 6) is 0. The first kappa shape index (κ1) is 13.2. The molecule has 0 saturated heterocycles. The summed E-state index contributed by atoms with van der Waals surface area (Å²) in [6.45, 7) is 0.952. The Balaban J connectivity index is 2.33. The Morgan fingerprint density at radius 2 is 2.00 bits per heavy atom. The van der Waals surface area contributed by atoms with E-state index in [0.29, 0.717) is 18.8 Å². The SMILES string of the molecule is CNCc1cn(Cc2cc(=O)n(C)c(=O)n2C)nn1.